The van der Waals surface area contributed by atoms with E-state index in [0.29, 0.717) is 12.6 Å². The Morgan fingerprint density at radius 3 is 2.76 bits per heavy atom. The number of hydrogen-bond donors (Lipinski definition) is 3. The van der Waals surface area contributed by atoms with E-state index in [2.05, 4.69) is 29.5 Å². The van der Waals surface area contributed by atoms with E-state index >= 15 is 0 Å². The van der Waals surface area contributed by atoms with Crippen molar-refractivity contribution in [3.63, 3.8) is 0 Å². The molecule has 0 aliphatic heterocycles. The number of guanidine groups is 1. The van der Waals surface area contributed by atoms with Crippen LogP contribution in [0, 0.1) is 5.92 Å². The van der Waals surface area contributed by atoms with Gasteiger partial charge in [-0.2, -0.15) is 0 Å². The maximum atomic E-state index is 8.77. The molecule has 0 aromatic rings. The summed E-state index contributed by atoms with van der Waals surface area (Å²) in [5, 5.41) is 15.4. The largest absolute Gasteiger partial charge is 0.394 e. The summed E-state index contributed by atoms with van der Waals surface area (Å²) >= 11 is 0. The third-order valence-corrected chi connectivity index (χ3v) is 2.99. The molecule has 4 nitrogen and oxygen atoms in total. The Morgan fingerprint density at radius 1 is 1.41 bits per heavy atom. The maximum absolute atomic E-state index is 8.77. The predicted octanol–water partition coefficient (Wildman–Crippen LogP) is 1.73. The summed E-state index contributed by atoms with van der Waals surface area (Å²) < 4.78 is 0. The van der Waals surface area contributed by atoms with Crippen LogP contribution in [0.25, 0.3) is 0 Å². The van der Waals surface area contributed by atoms with Crippen LogP contribution < -0.4 is 10.6 Å². The van der Waals surface area contributed by atoms with Gasteiger partial charge in [0.2, 0.25) is 0 Å². The normalized spacial score (nSPS) is 25.0. The van der Waals surface area contributed by atoms with Gasteiger partial charge in [0.25, 0.3) is 0 Å². The highest BCUT2D eigenvalue weighted by atomic mass is 127. The van der Waals surface area contributed by atoms with Gasteiger partial charge in [0.15, 0.2) is 5.96 Å². The second-order valence-corrected chi connectivity index (χ2v) is 4.60. The number of nitrogens with one attached hydrogen (secondary N) is 2. The molecule has 0 amide bonds. The number of halogens is 1. The predicted molar refractivity (Wildman–Crippen MR) is 83.0 cm³/mol. The van der Waals surface area contributed by atoms with E-state index in [1.54, 1.807) is 0 Å². The van der Waals surface area contributed by atoms with E-state index in [0.717, 1.165) is 18.4 Å². The van der Waals surface area contributed by atoms with Crippen molar-refractivity contribution in [1.29, 1.82) is 0 Å². The standard InChI is InChI=1S/C12H25N3O.HI/c1-3-13-12(14-7-8-16)15-11-6-4-5-10(2)9-11;/h10-11,16H,3-9H2,1-2H3,(H2,13,14,15);1H. The van der Waals surface area contributed by atoms with Gasteiger partial charge >= 0.3 is 0 Å². The molecular formula is C12H26IN3O. The third-order valence-electron chi connectivity index (χ3n) is 2.99. The van der Waals surface area contributed by atoms with E-state index < -0.39 is 0 Å². The average Bonchev–Trinajstić information content (AvgIpc) is 2.26. The monoisotopic (exact) mass is 355 g/mol. The first kappa shape index (κ1) is 17.0. The fourth-order valence-electron chi connectivity index (χ4n) is 2.24. The number of aliphatic hydroxyl groups excluding tert-OH is 1. The van der Waals surface area contributed by atoms with Crippen LogP contribution in [0.5, 0.6) is 0 Å². The van der Waals surface area contributed by atoms with Crippen molar-refractivity contribution in [3.05, 3.63) is 0 Å². The second-order valence-electron chi connectivity index (χ2n) is 4.60. The lowest BCUT2D eigenvalue weighted by Crippen LogP contribution is -2.45. The maximum Gasteiger partial charge on any atom is 0.191 e. The molecule has 3 N–H and O–H groups in total. The molecule has 17 heavy (non-hydrogen) atoms. The Bertz CT molecular complexity index is 224. The highest BCUT2D eigenvalue weighted by Gasteiger charge is 2.19. The molecule has 1 saturated carbocycles. The molecule has 1 aliphatic carbocycles. The highest BCUT2D eigenvalue weighted by molar-refractivity contribution is 14.0. The number of aliphatic imine (C=N–C) groups is 1. The molecule has 0 bridgehead atoms. The molecule has 102 valence electrons. The summed E-state index contributed by atoms with van der Waals surface area (Å²) in [6.07, 6.45) is 5.11. The number of nitrogens with zero attached hydrogens (tertiary/aromatic N) is 1. The minimum atomic E-state index is 0. The Labute approximate surface area is 122 Å². The summed E-state index contributed by atoms with van der Waals surface area (Å²) in [6, 6.07) is 0.542. The van der Waals surface area contributed by atoms with Gasteiger partial charge in [-0.15, -0.1) is 24.0 Å². The van der Waals surface area contributed by atoms with Crippen molar-refractivity contribution in [2.75, 3.05) is 19.7 Å². The minimum absolute atomic E-state index is 0. The van der Waals surface area contributed by atoms with Crippen LogP contribution in [-0.2, 0) is 0 Å². The molecule has 1 fully saturated rings. The van der Waals surface area contributed by atoms with Gasteiger partial charge in [-0.25, -0.2) is 0 Å². The van der Waals surface area contributed by atoms with Gasteiger partial charge in [0.1, 0.15) is 0 Å². The van der Waals surface area contributed by atoms with Gasteiger partial charge in [-0.1, -0.05) is 19.8 Å². The lowest BCUT2D eigenvalue weighted by Gasteiger charge is -2.28. The van der Waals surface area contributed by atoms with Crippen LogP contribution in [-0.4, -0.2) is 36.8 Å². The molecule has 2 atom stereocenters. The quantitative estimate of drug-likeness (QED) is 0.409. The van der Waals surface area contributed by atoms with Gasteiger partial charge in [0, 0.05) is 12.6 Å². The van der Waals surface area contributed by atoms with Gasteiger partial charge < -0.3 is 15.7 Å². The lowest BCUT2D eigenvalue weighted by molar-refractivity contribution is 0.305. The zero-order valence-corrected chi connectivity index (χ0v) is 13.2. The third kappa shape index (κ3) is 7.08. The number of hydrogen-bond acceptors (Lipinski definition) is 2. The molecule has 2 unspecified atom stereocenters. The summed E-state index contributed by atoms with van der Waals surface area (Å²) in [6.45, 7) is 5.81. The SMILES string of the molecule is CCNC(=NCCO)NC1CCCC(C)C1.I. The zero-order chi connectivity index (χ0) is 11.8. The van der Waals surface area contributed by atoms with Crippen LogP contribution in [0.15, 0.2) is 4.99 Å². The van der Waals surface area contributed by atoms with E-state index in [1.807, 2.05) is 0 Å². The fraction of sp³-hybridized carbons (Fsp3) is 0.917. The average molecular weight is 355 g/mol. The molecule has 0 heterocycles. The molecule has 5 heteroatoms. The Kier molecular flexibility index (Phi) is 9.91. The topological polar surface area (TPSA) is 56.7 Å². The number of rotatable bonds is 4. The molecule has 0 saturated heterocycles. The van der Waals surface area contributed by atoms with Crippen LogP contribution >= 0.6 is 24.0 Å². The Balaban J connectivity index is 0.00000256. The Hall–Kier alpha value is -0.0400. The summed E-state index contributed by atoms with van der Waals surface area (Å²) in [5.41, 5.74) is 0. The van der Waals surface area contributed by atoms with E-state index in [1.165, 1.54) is 25.7 Å². The fourth-order valence-corrected chi connectivity index (χ4v) is 2.24. The lowest BCUT2D eigenvalue weighted by atomic mass is 9.87. The van der Waals surface area contributed by atoms with E-state index in [4.69, 9.17) is 5.11 Å². The number of aliphatic hydroxyl groups is 1. The van der Waals surface area contributed by atoms with Crippen LogP contribution in [0.1, 0.15) is 39.5 Å². The highest BCUT2D eigenvalue weighted by Crippen LogP contribution is 2.23. The molecular weight excluding hydrogens is 329 g/mol. The second kappa shape index (κ2) is 9.94. The summed E-state index contributed by atoms with van der Waals surface area (Å²) in [4.78, 5) is 4.30. The van der Waals surface area contributed by atoms with Gasteiger partial charge in [-0.3, -0.25) is 4.99 Å². The van der Waals surface area contributed by atoms with Crippen molar-refractivity contribution < 1.29 is 5.11 Å². The van der Waals surface area contributed by atoms with E-state index in [9.17, 15) is 0 Å². The molecule has 0 spiro atoms. The van der Waals surface area contributed by atoms with Gasteiger partial charge in [0.05, 0.1) is 13.2 Å². The first-order valence-corrected chi connectivity index (χ1v) is 6.42. The minimum Gasteiger partial charge on any atom is -0.394 e. The summed E-state index contributed by atoms with van der Waals surface area (Å²) in [5.74, 6) is 1.66. The van der Waals surface area contributed by atoms with Crippen LogP contribution in [0.3, 0.4) is 0 Å². The molecule has 0 aromatic heterocycles. The first-order chi connectivity index (χ1) is 7.76. The van der Waals surface area contributed by atoms with Crippen molar-refractivity contribution in [2.24, 2.45) is 10.9 Å². The van der Waals surface area contributed by atoms with Crippen molar-refractivity contribution in [3.8, 4) is 0 Å². The Morgan fingerprint density at radius 2 is 2.18 bits per heavy atom. The smallest absolute Gasteiger partial charge is 0.191 e. The molecule has 1 aliphatic rings. The molecule has 1 rings (SSSR count). The molecule has 0 aromatic carbocycles. The van der Waals surface area contributed by atoms with Crippen molar-refractivity contribution in [2.45, 2.75) is 45.6 Å². The first-order valence-electron chi connectivity index (χ1n) is 6.42. The van der Waals surface area contributed by atoms with E-state index in [-0.39, 0.29) is 30.6 Å². The van der Waals surface area contributed by atoms with Crippen LogP contribution in [0.4, 0.5) is 0 Å². The van der Waals surface area contributed by atoms with Gasteiger partial charge in [-0.05, 0) is 25.7 Å². The van der Waals surface area contributed by atoms with Crippen LogP contribution in [0.2, 0.25) is 0 Å². The summed E-state index contributed by atoms with van der Waals surface area (Å²) in [7, 11) is 0. The molecule has 0 radical (unpaired) electrons. The van der Waals surface area contributed by atoms with Crippen molar-refractivity contribution in [1.82, 2.24) is 10.6 Å². The zero-order valence-electron chi connectivity index (χ0n) is 10.9. The van der Waals surface area contributed by atoms with Crippen molar-refractivity contribution >= 4 is 29.9 Å².